The SMILES string of the molecule is CCNC(=O)[C@H](Cc1ccccc1)N(Cc1ccccc1C)C(=O)CN(c1ccccc1OC)S(=O)(=O)c1ccc(OC)cc1. The van der Waals surface area contributed by atoms with Crippen LogP contribution in [0, 0.1) is 6.92 Å². The summed E-state index contributed by atoms with van der Waals surface area (Å²) in [6, 6.07) is 28.7. The molecule has 0 aromatic heterocycles. The predicted octanol–water partition coefficient (Wildman–Crippen LogP) is 4.98. The van der Waals surface area contributed by atoms with E-state index < -0.39 is 28.5 Å². The van der Waals surface area contributed by atoms with E-state index in [0.717, 1.165) is 21.0 Å². The summed E-state index contributed by atoms with van der Waals surface area (Å²) >= 11 is 0. The van der Waals surface area contributed by atoms with Gasteiger partial charge in [0.05, 0.1) is 24.8 Å². The molecule has 0 fully saturated rings. The van der Waals surface area contributed by atoms with Crippen molar-refractivity contribution in [3.8, 4) is 11.5 Å². The molecule has 45 heavy (non-hydrogen) atoms. The number of carbonyl (C=O) groups is 2. The van der Waals surface area contributed by atoms with Gasteiger partial charge in [-0.1, -0.05) is 66.7 Å². The van der Waals surface area contributed by atoms with Gasteiger partial charge in [-0.2, -0.15) is 0 Å². The Labute approximate surface area is 265 Å². The summed E-state index contributed by atoms with van der Waals surface area (Å²) in [7, 11) is -1.35. The first-order valence-corrected chi connectivity index (χ1v) is 16.1. The lowest BCUT2D eigenvalue weighted by Gasteiger charge is -2.34. The third-order valence-electron chi connectivity index (χ3n) is 7.50. The molecule has 4 aromatic carbocycles. The van der Waals surface area contributed by atoms with Crippen molar-refractivity contribution in [2.45, 2.75) is 37.8 Å². The zero-order valence-corrected chi connectivity index (χ0v) is 26.8. The number of ether oxygens (including phenoxy) is 2. The van der Waals surface area contributed by atoms with E-state index in [-0.39, 0.29) is 35.2 Å². The van der Waals surface area contributed by atoms with E-state index in [0.29, 0.717) is 12.3 Å². The van der Waals surface area contributed by atoms with Gasteiger partial charge in [-0.15, -0.1) is 0 Å². The Kier molecular flexibility index (Phi) is 11.2. The minimum atomic E-state index is -4.29. The molecule has 0 heterocycles. The van der Waals surface area contributed by atoms with Gasteiger partial charge in [-0.05, 0) is 66.9 Å². The lowest BCUT2D eigenvalue weighted by Crippen LogP contribution is -2.53. The molecular formula is C35H39N3O6S. The first kappa shape index (κ1) is 33.1. The number of carbonyl (C=O) groups excluding carboxylic acids is 2. The number of anilines is 1. The molecule has 4 rings (SSSR count). The highest BCUT2D eigenvalue weighted by Gasteiger charge is 2.35. The van der Waals surface area contributed by atoms with E-state index in [1.165, 1.54) is 31.3 Å². The van der Waals surface area contributed by atoms with Crippen molar-refractivity contribution in [3.63, 3.8) is 0 Å². The number of amides is 2. The topological polar surface area (TPSA) is 105 Å². The average Bonchev–Trinajstić information content (AvgIpc) is 3.06. The molecule has 0 saturated heterocycles. The van der Waals surface area contributed by atoms with Crippen molar-refractivity contribution < 1.29 is 27.5 Å². The number of sulfonamides is 1. The monoisotopic (exact) mass is 629 g/mol. The summed E-state index contributed by atoms with van der Waals surface area (Å²) in [4.78, 5) is 29.6. The molecule has 0 aliphatic rings. The Bertz CT molecular complexity index is 1690. The van der Waals surface area contributed by atoms with Gasteiger partial charge in [-0.25, -0.2) is 8.42 Å². The number of para-hydroxylation sites is 2. The van der Waals surface area contributed by atoms with Crippen molar-refractivity contribution in [1.29, 1.82) is 0 Å². The number of benzene rings is 4. The summed E-state index contributed by atoms with van der Waals surface area (Å²) in [6.45, 7) is 3.64. The number of nitrogens with one attached hydrogen (secondary N) is 1. The first-order valence-electron chi connectivity index (χ1n) is 14.6. The lowest BCUT2D eigenvalue weighted by atomic mass is 10.0. The smallest absolute Gasteiger partial charge is 0.264 e. The van der Waals surface area contributed by atoms with Crippen LogP contribution in [0.3, 0.4) is 0 Å². The van der Waals surface area contributed by atoms with Crippen LogP contribution in [0.5, 0.6) is 11.5 Å². The second kappa shape index (κ2) is 15.3. The predicted molar refractivity (Wildman–Crippen MR) is 175 cm³/mol. The quantitative estimate of drug-likeness (QED) is 0.211. The lowest BCUT2D eigenvalue weighted by molar-refractivity contribution is -0.140. The summed E-state index contributed by atoms with van der Waals surface area (Å²) in [5.74, 6) is -0.111. The molecule has 0 unspecified atom stereocenters. The van der Waals surface area contributed by atoms with Gasteiger partial charge in [0.25, 0.3) is 10.0 Å². The standard InChI is InChI=1S/C35H39N3O6S/c1-5-36-35(40)32(23-27-14-7-6-8-15-27)37(24-28-16-10-9-13-26(28)2)34(39)25-38(31-17-11-12-18-33(31)44-4)45(41,42)30-21-19-29(43-3)20-22-30/h6-22,32H,5,23-25H2,1-4H3,(H,36,40)/t32-/m0/s1. The van der Waals surface area contributed by atoms with Crippen LogP contribution < -0.4 is 19.1 Å². The maximum atomic E-state index is 14.5. The molecule has 0 spiro atoms. The number of hydrogen-bond donors (Lipinski definition) is 1. The number of rotatable bonds is 14. The van der Waals surface area contributed by atoms with Crippen LogP contribution in [0.2, 0.25) is 0 Å². The van der Waals surface area contributed by atoms with E-state index >= 15 is 0 Å². The number of nitrogens with zero attached hydrogens (tertiary/aromatic N) is 2. The highest BCUT2D eigenvalue weighted by Crippen LogP contribution is 2.33. The maximum absolute atomic E-state index is 14.5. The molecule has 0 radical (unpaired) electrons. The van der Waals surface area contributed by atoms with Crippen LogP contribution in [0.1, 0.15) is 23.6 Å². The zero-order chi connectivity index (χ0) is 32.4. The van der Waals surface area contributed by atoms with E-state index in [1.807, 2.05) is 68.4 Å². The Morgan fingerprint density at radius 2 is 1.47 bits per heavy atom. The van der Waals surface area contributed by atoms with Crippen molar-refractivity contribution in [2.75, 3.05) is 31.6 Å². The normalized spacial score (nSPS) is 11.7. The molecule has 1 N–H and O–H groups in total. The van der Waals surface area contributed by atoms with Gasteiger partial charge in [0.15, 0.2) is 0 Å². The van der Waals surface area contributed by atoms with Gasteiger partial charge < -0.3 is 19.7 Å². The number of hydrogen-bond acceptors (Lipinski definition) is 6. The highest BCUT2D eigenvalue weighted by atomic mass is 32.2. The van der Waals surface area contributed by atoms with E-state index in [1.54, 1.807) is 36.4 Å². The van der Waals surface area contributed by atoms with Gasteiger partial charge in [-0.3, -0.25) is 13.9 Å². The van der Waals surface area contributed by atoms with E-state index in [4.69, 9.17) is 9.47 Å². The van der Waals surface area contributed by atoms with Crippen LogP contribution in [0.15, 0.2) is 108 Å². The molecule has 4 aromatic rings. The molecule has 2 amide bonds. The van der Waals surface area contributed by atoms with Crippen LogP contribution in [-0.2, 0) is 32.6 Å². The molecule has 0 aliphatic carbocycles. The molecule has 9 nitrogen and oxygen atoms in total. The molecule has 0 saturated carbocycles. The van der Waals surface area contributed by atoms with Crippen LogP contribution in [-0.4, -0.2) is 58.5 Å². The largest absolute Gasteiger partial charge is 0.497 e. The van der Waals surface area contributed by atoms with Gasteiger partial charge in [0.1, 0.15) is 24.1 Å². The van der Waals surface area contributed by atoms with Gasteiger partial charge in [0, 0.05) is 19.5 Å². The Morgan fingerprint density at radius 1 is 0.822 bits per heavy atom. The highest BCUT2D eigenvalue weighted by molar-refractivity contribution is 7.92. The Morgan fingerprint density at radius 3 is 2.11 bits per heavy atom. The summed E-state index contributed by atoms with van der Waals surface area (Å²) < 4.78 is 40.3. The molecular weight excluding hydrogens is 590 g/mol. The van der Waals surface area contributed by atoms with Crippen LogP contribution in [0.25, 0.3) is 0 Å². The van der Waals surface area contributed by atoms with Crippen molar-refractivity contribution in [3.05, 3.63) is 120 Å². The fourth-order valence-electron chi connectivity index (χ4n) is 5.04. The van der Waals surface area contributed by atoms with Gasteiger partial charge >= 0.3 is 0 Å². The maximum Gasteiger partial charge on any atom is 0.264 e. The number of methoxy groups -OCH3 is 2. The van der Waals surface area contributed by atoms with E-state index in [2.05, 4.69) is 5.32 Å². The fraction of sp³-hybridized carbons (Fsp3) is 0.257. The van der Waals surface area contributed by atoms with Crippen LogP contribution in [0.4, 0.5) is 5.69 Å². The average molecular weight is 630 g/mol. The second-order valence-corrected chi connectivity index (χ2v) is 12.3. The van der Waals surface area contributed by atoms with Crippen molar-refractivity contribution in [1.82, 2.24) is 10.2 Å². The summed E-state index contributed by atoms with van der Waals surface area (Å²) in [6.07, 6.45) is 0.240. The molecule has 0 bridgehead atoms. The Balaban J connectivity index is 1.83. The molecule has 0 aliphatic heterocycles. The molecule has 1 atom stereocenters. The number of likely N-dealkylation sites (N-methyl/N-ethyl adjacent to an activating group) is 1. The molecule has 236 valence electrons. The second-order valence-electron chi connectivity index (χ2n) is 10.4. The van der Waals surface area contributed by atoms with Crippen molar-refractivity contribution >= 4 is 27.5 Å². The fourth-order valence-corrected chi connectivity index (χ4v) is 6.47. The third-order valence-corrected chi connectivity index (χ3v) is 9.28. The van der Waals surface area contributed by atoms with Crippen molar-refractivity contribution in [2.24, 2.45) is 0 Å². The zero-order valence-electron chi connectivity index (χ0n) is 26.0. The van der Waals surface area contributed by atoms with Crippen LogP contribution >= 0.6 is 0 Å². The van der Waals surface area contributed by atoms with Gasteiger partial charge in [0.2, 0.25) is 11.8 Å². The van der Waals surface area contributed by atoms with E-state index in [9.17, 15) is 18.0 Å². The Hall–Kier alpha value is -4.83. The minimum absolute atomic E-state index is 0.0305. The minimum Gasteiger partial charge on any atom is -0.497 e. The molecule has 10 heteroatoms. The summed E-state index contributed by atoms with van der Waals surface area (Å²) in [5, 5.41) is 2.88. The summed E-state index contributed by atoms with van der Waals surface area (Å²) in [5.41, 5.74) is 2.84. The number of aryl methyl sites for hydroxylation is 1. The third kappa shape index (κ3) is 8.02. The first-order chi connectivity index (χ1) is 21.7.